The predicted molar refractivity (Wildman–Crippen MR) is 65.1 cm³/mol. The summed E-state index contributed by atoms with van der Waals surface area (Å²) in [6.45, 7) is 7.40. The predicted octanol–water partition coefficient (Wildman–Crippen LogP) is 1.64. The fourth-order valence-corrected chi connectivity index (χ4v) is 1.89. The third-order valence-electron chi connectivity index (χ3n) is 2.95. The van der Waals surface area contributed by atoms with Gasteiger partial charge in [-0.15, -0.1) is 0 Å². The maximum absolute atomic E-state index is 11.9. The molecule has 0 spiro atoms. The van der Waals surface area contributed by atoms with E-state index >= 15 is 0 Å². The number of carbonyl (C=O) groups is 1. The Balaban J connectivity index is 2.10. The second-order valence-electron chi connectivity index (χ2n) is 4.73. The summed E-state index contributed by atoms with van der Waals surface area (Å²) < 4.78 is 5.01. The Hall–Kier alpha value is -1.42. The molecule has 17 heavy (non-hydrogen) atoms. The Morgan fingerprint density at radius 3 is 2.65 bits per heavy atom. The molecule has 2 rings (SSSR count). The Kier molecular flexibility index (Phi) is 3.43. The lowest BCUT2D eigenvalue weighted by atomic mass is 10.0. The van der Waals surface area contributed by atoms with Crippen molar-refractivity contribution in [1.82, 2.24) is 10.3 Å². The SMILES string of the molecule is Cc1nc(C(=O)NC2COC2)ccc1C(C)C. The first-order valence-corrected chi connectivity index (χ1v) is 5.94. The van der Waals surface area contributed by atoms with Crippen molar-refractivity contribution >= 4 is 5.91 Å². The van der Waals surface area contributed by atoms with Gasteiger partial charge in [0.1, 0.15) is 5.69 Å². The van der Waals surface area contributed by atoms with Gasteiger partial charge in [0.05, 0.1) is 19.3 Å². The van der Waals surface area contributed by atoms with Crippen molar-refractivity contribution in [2.24, 2.45) is 0 Å². The second kappa shape index (κ2) is 4.84. The zero-order valence-electron chi connectivity index (χ0n) is 10.5. The van der Waals surface area contributed by atoms with E-state index in [0.29, 0.717) is 24.8 Å². The highest BCUT2D eigenvalue weighted by Crippen LogP contribution is 2.17. The van der Waals surface area contributed by atoms with Crippen LogP contribution >= 0.6 is 0 Å². The number of rotatable bonds is 3. The zero-order chi connectivity index (χ0) is 12.4. The fraction of sp³-hybridized carbons (Fsp3) is 0.538. The van der Waals surface area contributed by atoms with E-state index in [1.165, 1.54) is 5.56 Å². The third-order valence-corrected chi connectivity index (χ3v) is 2.95. The Morgan fingerprint density at radius 1 is 1.47 bits per heavy atom. The van der Waals surface area contributed by atoms with Gasteiger partial charge in [-0.2, -0.15) is 0 Å². The molecule has 0 saturated carbocycles. The highest BCUT2D eigenvalue weighted by molar-refractivity contribution is 5.92. The van der Waals surface area contributed by atoms with Crippen molar-refractivity contribution in [2.45, 2.75) is 32.7 Å². The molecule has 1 fully saturated rings. The fourth-order valence-electron chi connectivity index (χ4n) is 1.89. The minimum Gasteiger partial charge on any atom is -0.377 e. The first-order chi connectivity index (χ1) is 8.08. The zero-order valence-corrected chi connectivity index (χ0v) is 10.5. The van der Waals surface area contributed by atoms with Crippen molar-refractivity contribution in [3.05, 3.63) is 29.1 Å². The van der Waals surface area contributed by atoms with Crippen LogP contribution in [0.5, 0.6) is 0 Å². The number of hydrogen-bond donors (Lipinski definition) is 1. The summed E-state index contributed by atoms with van der Waals surface area (Å²) >= 11 is 0. The van der Waals surface area contributed by atoms with E-state index in [4.69, 9.17) is 4.74 Å². The maximum atomic E-state index is 11.9. The molecular weight excluding hydrogens is 216 g/mol. The van der Waals surface area contributed by atoms with Gasteiger partial charge in [-0.25, -0.2) is 4.98 Å². The summed E-state index contributed by atoms with van der Waals surface area (Å²) in [6.07, 6.45) is 0. The lowest BCUT2D eigenvalue weighted by Crippen LogP contribution is -2.48. The summed E-state index contributed by atoms with van der Waals surface area (Å²) in [5.41, 5.74) is 2.60. The van der Waals surface area contributed by atoms with Gasteiger partial charge in [0.2, 0.25) is 0 Å². The molecule has 1 N–H and O–H groups in total. The van der Waals surface area contributed by atoms with Gasteiger partial charge in [-0.05, 0) is 24.5 Å². The monoisotopic (exact) mass is 234 g/mol. The van der Waals surface area contributed by atoms with Crippen LogP contribution in [0.3, 0.4) is 0 Å². The summed E-state index contributed by atoms with van der Waals surface area (Å²) in [6, 6.07) is 3.92. The molecule has 0 aromatic carbocycles. The number of amides is 1. The molecular formula is C13H18N2O2. The van der Waals surface area contributed by atoms with E-state index in [1.807, 2.05) is 13.0 Å². The highest BCUT2D eigenvalue weighted by Gasteiger charge is 2.21. The number of aryl methyl sites for hydroxylation is 1. The molecule has 1 aliphatic heterocycles. The van der Waals surface area contributed by atoms with Crippen LogP contribution in [0.1, 0.15) is 41.5 Å². The van der Waals surface area contributed by atoms with Crippen LogP contribution in [-0.2, 0) is 4.74 Å². The molecule has 4 nitrogen and oxygen atoms in total. The minimum atomic E-state index is -0.114. The van der Waals surface area contributed by atoms with Crippen LogP contribution in [0, 0.1) is 6.92 Å². The van der Waals surface area contributed by atoms with E-state index in [0.717, 1.165) is 5.69 Å². The lowest BCUT2D eigenvalue weighted by Gasteiger charge is -2.26. The lowest BCUT2D eigenvalue weighted by molar-refractivity contribution is -0.00355. The van der Waals surface area contributed by atoms with E-state index in [1.54, 1.807) is 6.07 Å². The Bertz CT molecular complexity index is 425. The average Bonchev–Trinajstić information content (AvgIpc) is 2.22. The number of aromatic nitrogens is 1. The summed E-state index contributed by atoms with van der Waals surface area (Å²) in [5.74, 6) is 0.316. The number of nitrogens with zero attached hydrogens (tertiary/aromatic N) is 1. The van der Waals surface area contributed by atoms with Crippen molar-refractivity contribution < 1.29 is 9.53 Å². The van der Waals surface area contributed by atoms with Crippen LogP contribution < -0.4 is 5.32 Å². The average molecular weight is 234 g/mol. The van der Waals surface area contributed by atoms with Gasteiger partial charge >= 0.3 is 0 Å². The van der Waals surface area contributed by atoms with Crippen molar-refractivity contribution in [2.75, 3.05) is 13.2 Å². The summed E-state index contributed by atoms with van der Waals surface area (Å²) in [5, 5.41) is 2.88. The maximum Gasteiger partial charge on any atom is 0.270 e. The molecule has 0 atom stereocenters. The standard InChI is InChI=1S/C13H18N2O2/c1-8(2)11-4-5-12(14-9(11)3)13(16)15-10-6-17-7-10/h4-5,8,10H,6-7H2,1-3H3,(H,15,16). The van der Waals surface area contributed by atoms with E-state index in [9.17, 15) is 4.79 Å². The molecule has 2 heterocycles. The van der Waals surface area contributed by atoms with Gasteiger partial charge in [0.15, 0.2) is 0 Å². The van der Waals surface area contributed by atoms with Crippen LogP contribution in [-0.4, -0.2) is 30.1 Å². The van der Waals surface area contributed by atoms with Crippen molar-refractivity contribution in [3.8, 4) is 0 Å². The van der Waals surface area contributed by atoms with Gasteiger partial charge in [-0.1, -0.05) is 19.9 Å². The van der Waals surface area contributed by atoms with Gasteiger partial charge < -0.3 is 10.1 Å². The highest BCUT2D eigenvalue weighted by atomic mass is 16.5. The Morgan fingerprint density at radius 2 is 2.18 bits per heavy atom. The minimum absolute atomic E-state index is 0.114. The van der Waals surface area contributed by atoms with Crippen LogP contribution in [0.4, 0.5) is 0 Å². The topological polar surface area (TPSA) is 51.2 Å². The molecule has 1 aromatic rings. The number of pyridine rings is 1. The number of nitrogens with one attached hydrogen (secondary N) is 1. The molecule has 4 heteroatoms. The summed E-state index contributed by atoms with van der Waals surface area (Å²) in [4.78, 5) is 16.2. The molecule has 0 radical (unpaired) electrons. The molecule has 92 valence electrons. The molecule has 1 aromatic heterocycles. The molecule has 0 aliphatic carbocycles. The molecule has 0 bridgehead atoms. The summed E-state index contributed by atoms with van der Waals surface area (Å²) in [7, 11) is 0. The molecule has 1 aliphatic rings. The first-order valence-electron chi connectivity index (χ1n) is 5.94. The smallest absolute Gasteiger partial charge is 0.270 e. The third kappa shape index (κ3) is 2.64. The van der Waals surface area contributed by atoms with E-state index in [2.05, 4.69) is 24.1 Å². The van der Waals surface area contributed by atoms with Crippen molar-refractivity contribution in [3.63, 3.8) is 0 Å². The molecule has 0 unspecified atom stereocenters. The quantitative estimate of drug-likeness (QED) is 0.865. The number of hydrogen-bond acceptors (Lipinski definition) is 3. The van der Waals surface area contributed by atoms with Gasteiger partial charge in [0.25, 0.3) is 5.91 Å². The normalized spacial score (nSPS) is 15.8. The molecule has 1 saturated heterocycles. The van der Waals surface area contributed by atoms with Crippen LogP contribution in [0.15, 0.2) is 12.1 Å². The number of ether oxygens (including phenoxy) is 1. The van der Waals surface area contributed by atoms with E-state index < -0.39 is 0 Å². The Labute approximate surface area is 101 Å². The number of carbonyl (C=O) groups excluding carboxylic acids is 1. The largest absolute Gasteiger partial charge is 0.377 e. The van der Waals surface area contributed by atoms with Gasteiger partial charge in [0, 0.05) is 5.69 Å². The van der Waals surface area contributed by atoms with E-state index in [-0.39, 0.29) is 11.9 Å². The second-order valence-corrected chi connectivity index (χ2v) is 4.73. The van der Waals surface area contributed by atoms with Crippen molar-refractivity contribution in [1.29, 1.82) is 0 Å². The van der Waals surface area contributed by atoms with Crippen LogP contribution in [0.25, 0.3) is 0 Å². The first kappa shape index (κ1) is 12.0. The molecule has 1 amide bonds. The van der Waals surface area contributed by atoms with Gasteiger partial charge in [-0.3, -0.25) is 4.79 Å². The van der Waals surface area contributed by atoms with Crippen LogP contribution in [0.2, 0.25) is 0 Å².